The fourth-order valence-corrected chi connectivity index (χ4v) is 4.26. The molecule has 0 atom stereocenters. The number of aromatic hydroxyl groups is 1. The minimum absolute atomic E-state index is 0.0236. The van der Waals surface area contributed by atoms with Gasteiger partial charge in [0.2, 0.25) is 11.8 Å². The first kappa shape index (κ1) is 25.5. The highest BCUT2D eigenvalue weighted by Crippen LogP contribution is 2.33. The number of rotatable bonds is 7. The van der Waals surface area contributed by atoms with Gasteiger partial charge in [-0.2, -0.15) is 4.98 Å². The van der Waals surface area contributed by atoms with E-state index in [0.29, 0.717) is 16.3 Å². The van der Waals surface area contributed by atoms with Gasteiger partial charge in [-0.3, -0.25) is 4.79 Å². The summed E-state index contributed by atoms with van der Waals surface area (Å²) in [6, 6.07) is 8.78. The third kappa shape index (κ3) is 5.80. The van der Waals surface area contributed by atoms with Crippen molar-refractivity contribution in [3.63, 3.8) is 0 Å². The molecule has 4 rings (SSSR count). The number of methoxy groups -OCH3 is 1. The summed E-state index contributed by atoms with van der Waals surface area (Å²) in [4.78, 5) is 23.8. The third-order valence-electron chi connectivity index (χ3n) is 6.21. The van der Waals surface area contributed by atoms with Crippen LogP contribution in [0.25, 0.3) is 0 Å². The summed E-state index contributed by atoms with van der Waals surface area (Å²) in [5, 5.41) is 16.1. The van der Waals surface area contributed by atoms with Gasteiger partial charge < -0.3 is 30.1 Å². The Morgan fingerprint density at radius 3 is 2.64 bits per heavy atom. The number of nitrogens with one attached hydrogen (secondary N) is 2. The fourth-order valence-electron chi connectivity index (χ4n) is 4.01. The van der Waals surface area contributed by atoms with Gasteiger partial charge in [0, 0.05) is 30.5 Å². The molecule has 2 heterocycles. The number of phenolic OH excluding ortho intramolecular Hbond substituents is 1. The van der Waals surface area contributed by atoms with Crippen LogP contribution in [0.5, 0.6) is 17.4 Å². The Bertz CT molecular complexity index is 1260. The smallest absolute Gasteiger partial charge is 0.262 e. The van der Waals surface area contributed by atoms with E-state index in [2.05, 4.69) is 32.5 Å². The summed E-state index contributed by atoms with van der Waals surface area (Å²) in [5.41, 5.74) is 2.67. The van der Waals surface area contributed by atoms with Crippen LogP contribution in [0, 0.1) is 13.8 Å². The number of halogens is 1. The lowest BCUT2D eigenvalue weighted by Crippen LogP contribution is -2.35. The zero-order valence-electron chi connectivity index (χ0n) is 20.8. The monoisotopic (exact) mass is 511 g/mol. The van der Waals surface area contributed by atoms with Crippen LogP contribution in [-0.2, 0) is 0 Å². The second-order valence-electron chi connectivity index (χ2n) is 8.86. The number of amides is 1. The molecule has 0 bridgehead atoms. The molecular weight excluding hydrogens is 482 g/mol. The highest BCUT2D eigenvalue weighted by Gasteiger charge is 2.20. The molecule has 1 amide bonds. The summed E-state index contributed by atoms with van der Waals surface area (Å²) >= 11 is 6.20. The number of hydrogen-bond donors (Lipinski definition) is 3. The SMILES string of the molecule is COc1nc(Nc2ccc(OC3CCN(C)CC3)c(C)c2)ncc1C(=O)Nc1c(Cl)ccc(O)c1C. The van der Waals surface area contributed by atoms with Gasteiger partial charge >= 0.3 is 0 Å². The Morgan fingerprint density at radius 2 is 1.94 bits per heavy atom. The lowest BCUT2D eigenvalue weighted by molar-refractivity contribution is 0.102. The molecule has 1 saturated heterocycles. The van der Waals surface area contributed by atoms with E-state index in [1.54, 1.807) is 6.92 Å². The van der Waals surface area contributed by atoms with Crippen LogP contribution in [0.3, 0.4) is 0 Å². The topological polar surface area (TPSA) is 109 Å². The Balaban J connectivity index is 1.46. The van der Waals surface area contributed by atoms with Crippen LogP contribution < -0.4 is 20.1 Å². The van der Waals surface area contributed by atoms with E-state index in [4.69, 9.17) is 21.1 Å². The van der Waals surface area contributed by atoms with Gasteiger partial charge in [0.1, 0.15) is 23.2 Å². The number of carbonyl (C=O) groups excluding carboxylic acids is 1. The predicted octanol–water partition coefficient (Wildman–Crippen LogP) is 4.93. The maximum absolute atomic E-state index is 12.9. The summed E-state index contributed by atoms with van der Waals surface area (Å²) in [6.07, 6.45) is 3.63. The summed E-state index contributed by atoms with van der Waals surface area (Å²) in [7, 11) is 3.55. The molecule has 0 aliphatic carbocycles. The molecule has 0 radical (unpaired) electrons. The van der Waals surface area contributed by atoms with Gasteiger partial charge in [-0.25, -0.2) is 4.98 Å². The van der Waals surface area contributed by atoms with Crippen LogP contribution in [0.2, 0.25) is 5.02 Å². The maximum Gasteiger partial charge on any atom is 0.262 e. The number of aryl methyl sites for hydroxylation is 1. The molecule has 3 aromatic rings. The fraction of sp³-hybridized carbons (Fsp3) is 0.346. The Kier molecular flexibility index (Phi) is 7.81. The van der Waals surface area contributed by atoms with E-state index in [-0.39, 0.29) is 29.2 Å². The number of nitrogens with zero attached hydrogens (tertiary/aromatic N) is 3. The molecule has 2 aromatic carbocycles. The van der Waals surface area contributed by atoms with Crippen LogP contribution >= 0.6 is 11.6 Å². The normalized spacial score (nSPS) is 14.4. The zero-order valence-corrected chi connectivity index (χ0v) is 21.5. The van der Waals surface area contributed by atoms with Crippen molar-refractivity contribution < 1.29 is 19.4 Å². The maximum atomic E-state index is 12.9. The molecule has 0 saturated carbocycles. The molecule has 9 nitrogen and oxygen atoms in total. The van der Waals surface area contributed by atoms with Crippen molar-refractivity contribution in [3.05, 3.63) is 58.2 Å². The van der Waals surface area contributed by atoms with Gasteiger partial charge in [0.25, 0.3) is 5.91 Å². The van der Waals surface area contributed by atoms with Crippen molar-refractivity contribution in [3.8, 4) is 17.4 Å². The van der Waals surface area contributed by atoms with Gasteiger partial charge in [-0.1, -0.05) is 11.6 Å². The number of hydrogen-bond acceptors (Lipinski definition) is 8. The standard InChI is InChI=1S/C26H30ClN5O4/c1-15-13-17(5-8-22(15)36-18-9-11-32(3)12-10-18)29-26-28-14-19(25(31-26)35-4)24(34)30-23-16(2)21(33)7-6-20(23)27/h5-8,13-14,18,33H,9-12H2,1-4H3,(H,30,34)(H,28,29,31). The number of ether oxygens (including phenoxy) is 2. The Morgan fingerprint density at radius 1 is 1.19 bits per heavy atom. The highest BCUT2D eigenvalue weighted by molar-refractivity contribution is 6.34. The van der Waals surface area contributed by atoms with Crippen molar-refractivity contribution in [2.24, 2.45) is 0 Å². The van der Waals surface area contributed by atoms with E-state index < -0.39 is 5.91 Å². The van der Waals surface area contributed by atoms with E-state index >= 15 is 0 Å². The van der Waals surface area contributed by atoms with E-state index in [0.717, 1.165) is 42.9 Å². The van der Waals surface area contributed by atoms with Gasteiger partial charge in [0.05, 0.1) is 17.8 Å². The summed E-state index contributed by atoms with van der Waals surface area (Å²) in [5.74, 6) is 0.744. The molecule has 0 unspecified atom stereocenters. The van der Waals surface area contributed by atoms with Crippen molar-refractivity contribution in [1.82, 2.24) is 14.9 Å². The summed E-state index contributed by atoms with van der Waals surface area (Å²) in [6.45, 7) is 5.73. The first-order valence-electron chi connectivity index (χ1n) is 11.7. The highest BCUT2D eigenvalue weighted by atomic mass is 35.5. The van der Waals surface area contributed by atoms with E-state index in [9.17, 15) is 9.90 Å². The van der Waals surface area contributed by atoms with Crippen molar-refractivity contribution in [2.75, 3.05) is 37.9 Å². The second kappa shape index (κ2) is 11.0. The number of aromatic nitrogens is 2. The van der Waals surface area contributed by atoms with Crippen molar-refractivity contribution >= 4 is 34.8 Å². The lowest BCUT2D eigenvalue weighted by atomic mass is 10.1. The molecule has 1 fully saturated rings. The van der Waals surface area contributed by atoms with Gasteiger partial charge in [0.15, 0.2) is 0 Å². The molecule has 3 N–H and O–H groups in total. The molecule has 1 aliphatic heterocycles. The minimum atomic E-state index is -0.514. The predicted molar refractivity (Wildman–Crippen MR) is 140 cm³/mol. The summed E-state index contributed by atoms with van der Waals surface area (Å²) < 4.78 is 11.6. The molecule has 10 heteroatoms. The van der Waals surface area contributed by atoms with Crippen LogP contribution in [0.1, 0.15) is 34.3 Å². The second-order valence-corrected chi connectivity index (χ2v) is 9.27. The van der Waals surface area contributed by atoms with E-state index in [1.807, 2.05) is 25.1 Å². The van der Waals surface area contributed by atoms with Gasteiger partial charge in [-0.05, 0) is 69.6 Å². The Hall–Kier alpha value is -3.56. The number of phenols is 1. The van der Waals surface area contributed by atoms with Crippen LogP contribution in [0.4, 0.5) is 17.3 Å². The third-order valence-corrected chi connectivity index (χ3v) is 6.52. The number of anilines is 3. The van der Waals surface area contributed by atoms with Crippen LogP contribution in [-0.4, -0.2) is 59.2 Å². The number of piperidine rings is 1. The number of carbonyl (C=O) groups is 1. The molecule has 0 spiro atoms. The van der Waals surface area contributed by atoms with Crippen molar-refractivity contribution in [1.29, 1.82) is 0 Å². The largest absolute Gasteiger partial charge is 0.508 e. The zero-order chi connectivity index (χ0) is 25.8. The van der Waals surface area contributed by atoms with Crippen molar-refractivity contribution in [2.45, 2.75) is 32.8 Å². The first-order chi connectivity index (χ1) is 17.2. The molecular formula is C26H30ClN5O4. The minimum Gasteiger partial charge on any atom is -0.508 e. The Labute approximate surface area is 215 Å². The average molecular weight is 512 g/mol. The molecule has 1 aromatic heterocycles. The average Bonchev–Trinajstić information content (AvgIpc) is 2.87. The molecule has 36 heavy (non-hydrogen) atoms. The van der Waals surface area contributed by atoms with E-state index in [1.165, 1.54) is 25.4 Å². The number of likely N-dealkylation sites (tertiary alicyclic amines) is 1. The quantitative estimate of drug-likeness (QED) is 0.409. The van der Waals surface area contributed by atoms with Gasteiger partial charge in [-0.15, -0.1) is 0 Å². The number of benzene rings is 2. The molecule has 1 aliphatic rings. The lowest BCUT2D eigenvalue weighted by Gasteiger charge is -2.29. The van der Waals surface area contributed by atoms with Crippen LogP contribution in [0.15, 0.2) is 36.5 Å². The first-order valence-corrected chi connectivity index (χ1v) is 12.1. The molecule has 190 valence electrons.